The Labute approximate surface area is 123 Å². The van der Waals surface area contributed by atoms with Gasteiger partial charge in [0.2, 0.25) is 5.28 Å². The Bertz CT molecular complexity index is 460. The fourth-order valence-corrected chi connectivity index (χ4v) is 3.43. The molecule has 3 heterocycles. The molecule has 1 aromatic rings. The molecule has 4 nitrogen and oxygen atoms in total. The van der Waals surface area contributed by atoms with E-state index in [0.717, 1.165) is 30.9 Å². The molecule has 1 aromatic heterocycles. The highest BCUT2D eigenvalue weighted by atomic mass is 35.5. The van der Waals surface area contributed by atoms with Gasteiger partial charge in [0.25, 0.3) is 0 Å². The van der Waals surface area contributed by atoms with E-state index in [1.54, 1.807) is 0 Å². The van der Waals surface area contributed by atoms with Gasteiger partial charge in [0.05, 0.1) is 0 Å². The number of aromatic nitrogens is 2. The molecule has 0 atom stereocenters. The lowest BCUT2D eigenvalue weighted by atomic mass is 10.3. The van der Waals surface area contributed by atoms with Gasteiger partial charge in [-0.25, -0.2) is 9.97 Å². The molecule has 104 valence electrons. The summed E-state index contributed by atoms with van der Waals surface area (Å²) in [5.41, 5.74) is 1.05. The average molecular weight is 301 g/mol. The monoisotopic (exact) mass is 300 g/mol. The number of hydrogen-bond acceptors (Lipinski definition) is 4. The maximum atomic E-state index is 6.11. The third-order valence-electron chi connectivity index (χ3n) is 3.94. The molecule has 0 spiro atoms. The molecule has 1 fully saturated rings. The van der Waals surface area contributed by atoms with Gasteiger partial charge in [-0.1, -0.05) is 11.6 Å². The van der Waals surface area contributed by atoms with E-state index in [-0.39, 0.29) is 5.28 Å². The van der Waals surface area contributed by atoms with Crippen molar-refractivity contribution >= 4 is 29.0 Å². The number of anilines is 1. The summed E-state index contributed by atoms with van der Waals surface area (Å²) in [5, 5.41) is 0.757. The Morgan fingerprint density at radius 2 is 1.79 bits per heavy atom. The van der Waals surface area contributed by atoms with Crippen molar-refractivity contribution in [2.45, 2.75) is 25.7 Å². The Kier molecular flexibility index (Phi) is 4.10. The SMILES string of the molecule is Clc1nc(Cl)c2c(n1)N(CCCN1CCCC1)CC2. The van der Waals surface area contributed by atoms with Gasteiger partial charge in [-0.15, -0.1) is 0 Å². The molecule has 0 saturated carbocycles. The van der Waals surface area contributed by atoms with Gasteiger partial charge < -0.3 is 9.80 Å². The van der Waals surface area contributed by atoms with Gasteiger partial charge in [0.15, 0.2) is 0 Å². The number of rotatable bonds is 4. The fraction of sp³-hybridized carbons (Fsp3) is 0.692. The molecule has 0 radical (unpaired) electrons. The van der Waals surface area contributed by atoms with E-state index in [2.05, 4.69) is 19.8 Å². The van der Waals surface area contributed by atoms with Crippen LogP contribution in [0.5, 0.6) is 0 Å². The van der Waals surface area contributed by atoms with E-state index in [9.17, 15) is 0 Å². The second-order valence-corrected chi connectivity index (χ2v) is 5.92. The molecule has 6 heteroatoms. The van der Waals surface area contributed by atoms with Gasteiger partial charge in [0.1, 0.15) is 11.0 Å². The third kappa shape index (κ3) is 2.96. The van der Waals surface area contributed by atoms with Crippen LogP contribution in [0.1, 0.15) is 24.8 Å². The van der Waals surface area contributed by atoms with Crippen LogP contribution in [0, 0.1) is 0 Å². The summed E-state index contributed by atoms with van der Waals surface area (Å²) in [7, 11) is 0. The standard InChI is InChI=1S/C13H18Cl2N4/c14-11-10-4-9-19(12(10)17-13(15)16-11)8-3-7-18-5-1-2-6-18/h1-9H2. The second-order valence-electron chi connectivity index (χ2n) is 5.22. The van der Waals surface area contributed by atoms with Gasteiger partial charge in [-0.2, -0.15) is 0 Å². The van der Waals surface area contributed by atoms with Crippen LogP contribution in [0.25, 0.3) is 0 Å². The van der Waals surface area contributed by atoms with E-state index in [1.165, 1.54) is 38.9 Å². The maximum Gasteiger partial charge on any atom is 0.225 e. The zero-order valence-electron chi connectivity index (χ0n) is 10.9. The molecular formula is C13H18Cl2N4. The van der Waals surface area contributed by atoms with Gasteiger partial charge >= 0.3 is 0 Å². The summed E-state index contributed by atoms with van der Waals surface area (Å²) in [6.07, 6.45) is 4.80. The molecule has 19 heavy (non-hydrogen) atoms. The zero-order valence-corrected chi connectivity index (χ0v) is 12.4. The highest BCUT2D eigenvalue weighted by Crippen LogP contribution is 2.31. The first-order valence-corrected chi connectivity index (χ1v) is 7.69. The molecule has 0 bridgehead atoms. The van der Waals surface area contributed by atoms with Crippen molar-refractivity contribution in [1.29, 1.82) is 0 Å². The number of halogens is 2. The predicted octanol–water partition coefficient (Wildman–Crippen LogP) is 2.63. The van der Waals surface area contributed by atoms with Crippen LogP contribution >= 0.6 is 23.2 Å². The Morgan fingerprint density at radius 3 is 2.58 bits per heavy atom. The fourth-order valence-electron chi connectivity index (χ4n) is 2.96. The van der Waals surface area contributed by atoms with Gasteiger partial charge in [-0.3, -0.25) is 0 Å². The van der Waals surface area contributed by atoms with Crippen LogP contribution < -0.4 is 4.90 Å². The maximum absolute atomic E-state index is 6.11. The molecule has 0 N–H and O–H groups in total. The normalized spacial score (nSPS) is 19.2. The van der Waals surface area contributed by atoms with Gasteiger partial charge in [0, 0.05) is 18.7 Å². The highest BCUT2D eigenvalue weighted by Gasteiger charge is 2.24. The van der Waals surface area contributed by atoms with Crippen molar-refractivity contribution in [3.63, 3.8) is 0 Å². The lowest BCUT2D eigenvalue weighted by molar-refractivity contribution is 0.334. The Morgan fingerprint density at radius 1 is 1.00 bits per heavy atom. The lowest BCUT2D eigenvalue weighted by Gasteiger charge is -2.20. The van der Waals surface area contributed by atoms with E-state index < -0.39 is 0 Å². The Hall–Kier alpha value is -0.580. The summed E-state index contributed by atoms with van der Waals surface area (Å²) < 4.78 is 0. The first-order valence-electron chi connectivity index (χ1n) is 6.93. The van der Waals surface area contributed by atoms with E-state index in [0.29, 0.717) is 5.15 Å². The van der Waals surface area contributed by atoms with Crippen LogP contribution in [-0.4, -0.2) is 47.6 Å². The first kappa shape index (κ1) is 13.4. The summed E-state index contributed by atoms with van der Waals surface area (Å²) in [6.45, 7) is 5.70. The number of hydrogen-bond donors (Lipinski definition) is 0. The second kappa shape index (κ2) is 5.81. The number of fused-ring (bicyclic) bond motifs is 1. The summed E-state index contributed by atoms with van der Waals surface area (Å²) >= 11 is 12.0. The van der Waals surface area contributed by atoms with Crippen molar-refractivity contribution in [2.75, 3.05) is 37.6 Å². The molecule has 3 rings (SSSR count). The Balaban J connectivity index is 1.59. The number of nitrogens with zero attached hydrogens (tertiary/aromatic N) is 4. The summed E-state index contributed by atoms with van der Waals surface area (Å²) in [6, 6.07) is 0. The average Bonchev–Trinajstić information content (AvgIpc) is 2.99. The zero-order chi connectivity index (χ0) is 13.2. The molecule has 0 amide bonds. The van der Waals surface area contributed by atoms with Crippen molar-refractivity contribution < 1.29 is 0 Å². The molecular weight excluding hydrogens is 283 g/mol. The van der Waals surface area contributed by atoms with Crippen LogP contribution in [-0.2, 0) is 6.42 Å². The van der Waals surface area contributed by atoms with Crippen molar-refractivity contribution in [1.82, 2.24) is 14.9 Å². The lowest BCUT2D eigenvalue weighted by Crippen LogP contribution is -2.28. The van der Waals surface area contributed by atoms with Crippen molar-refractivity contribution in [3.8, 4) is 0 Å². The van der Waals surface area contributed by atoms with E-state index in [4.69, 9.17) is 23.2 Å². The summed E-state index contributed by atoms with van der Waals surface area (Å²) in [4.78, 5) is 13.2. The molecule has 2 aliphatic heterocycles. The first-order chi connectivity index (χ1) is 9.24. The van der Waals surface area contributed by atoms with Crippen LogP contribution in [0.3, 0.4) is 0 Å². The van der Waals surface area contributed by atoms with E-state index >= 15 is 0 Å². The minimum Gasteiger partial charge on any atom is -0.356 e. The molecule has 0 aliphatic carbocycles. The topological polar surface area (TPSA) is 32.3 Å². The molecule has 0 unspecified atom stereocenters. The molecule has 2 aliphatic rings. The molecule has 0 aromatic carbocycles. The largest absolute Gasteiger partial charge is 0.356 e. The summed E-state index contributed by atoms with van der Waals surface area (Å²) in [5.74, 6) is 0.937. The van der Waals surface area contributed by atoms with Crippen LogP contribution in [0.15, 0.2) is 0 Å². The van der Waals surface area contributed by atoms with Crippen LogP contribution in [0.4, 0.5) is 5.82 Å². The predicted molar refractivity (Wildman–Crippen MR) is 78.3 cm³/mol. The molecule has 1 saturated heterocycles. The highest BCUT2D eigenvalue weighted by molar-refractivity contribution is 6.32. The van der Waals surface area contributed by atoms with Crippen molar-refractivity contribution in [2.24, 2.45) is 0 Å². The third-order valence-corrected chi connectivity index (χ3v) is 4.42. The van der Waals surface area contributed by atoms with Crippen molar-refractivity contribution in [3.05, 3.63) is 16.0 Å². The minimum absolute atomic E-state index is 0.246. The minimum atomic E-state index is 0.246. The van der Waals surface area contributed by atoms with Crippen LogP contribution in [0.2, 0.25) is 10.4 Å². The van der Waals surface area contributed by atoms with E-state index in [1.807, 2.05) is 0 Å². The quantitative estimate of drug-likeness (QED) is 0.632. The number of likely N-dealkylation sites (tertiary alicyclic amines) is 1. The smallest absolute Gasteiger partial charge is 0.225 e. The van der Waals surface area contributed by atoms with Gasteiger partial charge in [-0.05, 0) is 56.9 Å².